The topological polar surface area (TPSA) is 54.4 Å². The van der Waals surface area contributed by atoms with E-state index in [2.05, 4.69) is 23.2 Å². The van der Waals surface area contributed by atoms with Gasteiger partial charge in [0.25, 0.3) is 0 Å². The van der Waals surface area contributed by atoms with Gasteiger partial charge >= 0.3 is 20.0 Å². The first-order valence-electron chi connectivity index (χ1n) is 1.91. The van der Waals surface area contributed by atoms with E-state index in [1.54, 1.807) is 0 Å². The second kappa shape index (κ2) is 2.65. The average molecular weight is 233 g/mol. The van der Waals surface area contributed by atoms with Crippen LogP contribution in [0.25, 0.3) is 0 Å². The first-order chi connectivity index (χ1) is 4.50. The molecule has 0 aliphatic carbocycles. The summed E-state index contributed by atoms with van der Waals surface area (Å²) in [5.74, 6) is 0. The van der Waals surface area contributed by atoms with E-state index in [0.717, 1.165) is 0 Å². The van der Waals surface area contributed by atoms with E-state index in [0.29, 0.717) is 0 Å². The van der Waals surface area contributed by atoms with Crippen molar-refractivity contribution in [2.24, 2.45) is 0 Å². The first kappa shape index (κ1) is 11.3. The van der Waals surface area contributed by atoms with Gasteiger partial charge < -0.3 is 0 Å². The van der Waals surface area contributed by atoms with Crippen molar-refractivity contribution in [3.8, 4) is 0 Å². The van der Waals surface area contributed by atoms with Crippen LogP contribution in [0.1, 0.15) is 0 Å². The minimum Gasteiger partial charge on any atom is -0.282 e. The maximum Gasteiger partial charge on any atom is 0.386 e. The zero-order chi connectivity index (χ0) is 9.50. The third kappa shape index (κ3) is 2.11. The SMILES string of the molecule is O=S(=O)(O)C(F)(Cl)C(F)(F)Cl. The molecule has 3 nitrogen and oxygen atoms in total. The first-order valence-corrected chi connectivity index (χ1v) is 4.11. The minimum atomic E-state index is -5.74. The van der Waals surface area contributed by atoms with Gasteiger partial charge in [0.2, 0.25) is 0 Å². The molecule has 0 saturated carbocycles. The Morgan fingerprint density at radius 2 is 1.45 bits per heavy atom. The Labute approximate surface area is 69.8 Å². The van der Waals surface area contributed by atoms with Gasteiger partial charge in [-0.1, -0.05) is 11.6 Å². The van der Waals surface area contributed by atoms with Crippen LogP contribution in [0.4, 0.5) is 13.2 Å². The summed E-state index contributed by atoms with van der Waals surface area (Å²) >= 11 is 8.03. The third-order valence-electron chi connectivity index (χ3n) is 0.654. The summed E-state index contributed by atoms with van der Waals surface area (Å²) in [6.45, 7) is 0. The maximum absolute atomic E-state index is 12.1. The van der Waals surface area contributed by atoms with Gasteiger partial charge in [-0.25, -0.2) is 0 Å². The fourth-order valence-corrected chi connectivity index (χ4v) is 0.731. The van der Waals surface area contributed by atoms with Crippen LogP contribution in [0.2, 0.25) is 0 Å². The Kier molecular flexibility index (Phi) is 2.72. The zero-order valence-electron chi connectivity index (χ0n) is 4.56. The number of halogens is 5. The van der Waals surface area contributed by atoms with Gasteiger partial charge in [-0.05, 0) is 11.6 Å². The molecular weight excluding hydrogens is 232 g/mol. The van der Waals surface area contributed by atoms with Crippen LogP contribution in [0, 0.1) is 0 Å². The van der Waals surface area contributed by atoms with Gasteiger partial charge in [-0.3, -0.25) is 4.55 Å². The van der Waals surface area contributed by atoms with E-state index >= 15 is 0 Å². The smallest absolute Gasteiger partial charge is 0.282 e. The summed E-state index contributed by atoms with van der Waals surface area (Å²) in [5.41, 5.74) is 0. The number of rotatable bonds is 2. The molecular formula is C2HCl2F3O3S. The Bertz CT molecular complexity index is 242. The van der Waals surface area contributed by atoms with E-state index < -0.39 is 20.0 Å². The molecule has 0 aliphatic heterocycles. The van der Waals surface area contributed by atoms with Crippen molar-refractivity contribution in [1.82, 2.24) is 0 Å². The highest BCUT2D eigenvalue weighted by atomic mass is 35.5. The van der Waals surface area contributed by atoms with Crippen molar-refractivity contribution in [1.29, 1.82) is 0 Å². The molecule has 1 atom stereocenters. The van der Waals surface area contributed by atoms with Crippen molar-refractivity contribution in [3.63, 3.8) is 0 Å². The van der Waals surface area contributed by atoms with E-state index in [4.69, 9.17) is 4.55 Å². The highest BCUT2D eigenvalue weighted by Crippen LogP contribution is 2.43. The fraction of sp³-hybridized carbons (Fsp3) is 1.00. The van der Waals surface area contributed by atoms with Gasteiger partial charge in [0.05, 0.1) is 0 Å². The van der Waals surface area contributed by atoms with E-state index in [9.17, 15) is 21.6 Å². The molecule has 0 aliphatic rings. The molecule has 1 unspecified atom stereocenters. The van der Waals surface area contributed by atoms with Crippen molar-refractivity contribution >= 4 is 33.3 Å². The predicted molar refractivity (Wildman–Crippen MR) is 32.0 cm³/mol. The molecule has 0 aromatic carbocycles. The van der Waals surface area contributed by atoms with Crippen molar-refractivity contribution in [2.45, 2.75) is 9.84 Å². The Morgan fingerprint density at radius 3 is 1.45 bits per heavy atom. The third-order valence-corrected chi connectivity index (χ3v) is 2.85. The van der Waals surface area contributed by atoms with E-state index in [1.807, 2.05) is 0 Å². The number of hydrogen-bond donors (Lipinski definition) is 1. The van der Waals surface area contributed by atoms with Crippen LogP contribution in [-0.2, 0) is 10.1 Å². The quantitative estimate of drug-likeness (QED) is 0.581. The second-order valence-corrected chi connectivity index (χ2v) is 4.22. The lowest BCUT2D eigenvalue weighted by Crippen LogP contribution is -2.41. The molecule has 68 valence electrons. The minimum absolute atomic E-state index is 3.93. The Hall–Kier alpha value is 0.280. The lowest BCUT2D eigenvalue weighted by molar-refractivity contribution is 0.0193. The summed E-state index contributed by atoms with van der Waals surface area (Å²) in [6, 6.07) is 0. The largest absolute Gasteiger partial charge is 0.386 e. The molecule has 9 heteroatoms. The molecule has 1 N–H and O–H groups in total. The lowest BCUT2D eigenvalue weighted by Gasteiger charge is -2.18. The van der Waals surface area contributed by atoms with Gasteiger partial charge in [-0.2, -0.15) is 21.6 Å². The van der Waals surface area contributed by atoms with E-state index in [-0.39, 0.29) is 0 Å². The van der Waals surface area contributed by atoms with Gasteiger partial charge in [0.15, 0.2) is 0 Å². The Morgan fingerprint density at radius 1 is 1.18 bits per heavy atom. The molecule has 0 rings (SSSR count). The molecule has 0 spiro atoms. The normalized spacial score (nSPS) is 19.5. The molecule has 0 heterocycles. The Balaban J connectivity index is 5.08. The highest BCUT2D eigenvalue weighted by Gasteiger charge is 2.62. The summed E-state index contributed by atoms with van der Waals surface area (Å²) in [7, 11) is -5.74. The summed E-state index contributed by atoms with van der Waals surface area (Å²) in [4.78, 5) is 0. The van der Waals surface area contributed by atoms with Gasteiger partial charge in [0.1, 0.15) is 0 Å². The maximum atomic E-state index is 12.1. The van der Waals surface area contributed by atoms with Gasteiger partial charge in [-0.15, -0.1) is 0 Å². The summed E-state index contributed by atoms with van der Waals surface area (Å²) < 4.78 is 58.2. The van der Waals surface area contributed by atoms with Gasteiger partial charge in [0, 0.05) is 0 Å². The lowest BCUT2D eigenvalue weighted by atomic mass is 10.8. The van der Waals surface area contributed by atoms with Crippen LogP contribution in [-0.4, -0.2) is 22.8 Å². The molecule has 11 heavy (non-hydrogen) atoms. The predicted octanol–water partition coefficient (Wildman–Crippen LogP) is 1.57. The average Bonchev–Trinajstić information content (AvgIpc) is 1.58. The second-order valence-electron chi connectivity index (χ2n) is 1.49. The van der Waals surface area contributed by atoms with Crippen molar-refractivity contribution in [2.75, 3.05) is 0 Å². The van der Waals surface area contributed by atoms with Crippen LogP contribution in [0.5, 0.6) is 0 Å². The monoisotopic (exact) mass is 232 g/mol. The van der Waals surface area contributed by atoms with Crippen molar-refractivity contribution < 1.29 is 26.1 Å². The molecule has 0 saturated heterocycles. The number of hydrogen-bond acceptors (Lipinski definition) is 2. The summed E-state index contributed by atoms with van der Waals surface area (Å²) in [6.07, 6.45) is 0. The van der Waals surface area contributed by atoms with Crippen LogP contribution in [0.15, 0.2) is 0 Å². The molecule has 0 aromatic heterocycles. The summed E-state index contributed by atoms with van der Waals surface area (Å²) in [5, 5.41) is -4.89. The highest BCUT2D eigenvalue weighted by molar-refractivity contribution is 7.88. The van der Waals surface area contributed by atoms with Crippen LogP contribution in [0.3, 0.4) is 0 Å². The van der Waals surface area contributed by atoms with Crippen LogP contribution < -0.4 is 0 Å². The molecule has 0 bridgehead atoms. The molecule has 0 amide bonds. The molecule has 0 aromatic rings. The van der Waals surface area contributed by atoms with Crippen LogP contribution >= 0.6 is 23.2 Å². The van der Waals surface area contributed by atoms with Crippen molar-refractivity contribution in [3.05, 3.63) is 0 Å². The molecule has 0 radical (unpaired) electrons. The standard InChI is InChI=1S/C2HCl2F3O3S/c3-1(5,6)2(4,7)11(8,9)10/h(H,8,9,10). The molecule has 0 fully saturated rings. The number of alkyl halides is 5. The fourth-order valence-electron chi connectivity index (χ4n) is 0.146. The van der Waals surface area contributed by atoms with E-state index in [1.165, 1.54) is 0 Å². The zero-order valence-corrected chi connectivity index (χ0v) is 6.89.